The number of rotatable bonds is 5. The van der Waals surface area contributed by atoms with Gasteiger partial charge >= 0.3 is 0 Å². The number of amides is 1. The van der Waals surface area contributed by atoms with Crippen LogP contribution in [0.2, 0.25) is 0 Å². The summed E-state index contributed by atoms with van der Waals surface area (Å²) in [7, 11) is 1.57. The minimum Gasteiger partial charge on any atom is -0.497 e. The highest BCUT2D eigenvalue weighted by Gasteiger charge is 2.13. The monoisotopic (exact) mass is 340 g/mol. The summed E-state index contributed by atoms with van der Waals surface area (Å²) >= 11 is 0. The van der Waals surface area contributed by atoms with E-state index in [1.807, 2.05) is 6.07 Å². The molecule has 1 heterocycles. The van der Waals surface area contributed by atoms with Crippen LogP contribution in [-0.4, -0.2) is 17.9 Å². The molecule has 7 heteroatoms. The molecule has 1 amide bonds. The van der Waals surface area contributed by atoms with Gasteiger partial charge in [-0.1, -0.05) is 0 Å². The molecule has 0 bridgehead atoms. The van der Waals surface area contributed by atoms with Crippen LogP contribution in [0.25, 0.3) is 11.0 Å². The lowest BCUT2D eigenvalue weighted by atomic mass is 10.1. The Morgan fingerprint density at radius 3 is 2.76 bits per heavy atom. The lowest BCUT2D eigenvalue weighted by Gasteiger charge is -2.08. The summed E-state index contributed by atoms with van der Waals surface area (Å²) in [5.41, 5.74) is 2.57. The van der Waals surface area contributed by atoms with Crippen molar-refractivity contribution >= 4 is 28.3 Å². The van der Waals surface area contributed by atoms with E-state index in [-0.39, 0.29) is 18.0 Å². The maximum atomic E-state index is 12.3. The molecule has 0 spiro atoms. The molecule has 128 valence electrons. The van der Waals surface area contributed by atoms with Gasteiger partial charge in [0.2, 0.25) is 5.91 Å². The zero-order chi connectivity index (χ0) is 18.0. The van der Waals surface area contributed by atoms with Gasteiger partial charge in [-0.15, -0.1) is 0 Å². The van der Waals surface area contributed by atoms with Gasteiger partial charge in [-0.25, -0.2) is 0 Å². The fraction of sp³-hybridized carbons (Fsp3) is 0.167. The number of methoxy groups -OCH3 is 1. The van der Waals surface area contributed by atoms with Crippen molar-refractivity contribution in [1.82, 2.24) is 0 Å². The zero-order valence-corrected chi connectivity index (χ0v) is 13.7. The van der Waals surface area contributed by atoms with Crippen LogP contribution in [0.5, 0.6) is 5.75 Å². The van der Waals surface area contributed by atoms with E-state index in [0.29, 0.717) is 22.6 Å². The number of hydrogen-bond donors (Lipinski definition) is 1. The summed E-state index contributed by atoms with van der Waals surface area (Å²) in [6.07, 6.45) is 1.68. The predicted octanol–water partition coefficient (Wildman–Crippen LogP) is 3.84. The van der Waals surface area contributed by atoms with Crippen molar-refractivity contribution in [2.75, 3.05) is 12.4 Å². The number of carbonyl (C=O) groups excluding carboxylic acids is 1. The fourth-order valence-electron chi connectivity index (χ4n) is 2.60. The number of benzene rings is 2. The van der Waals surface area contributed by atoms with Gasteiger partial charge in [0.1, 0.15) is 11.3 Å². The van der Waals surface area contributed by atoms with Crippen LogP contribution in [0.1, 0.15) is 11.1 Å². The van der Waals surface area contributed by atoms with Crippen molar-refractivity contribution in [3.63, 3.8) is 0 Å². The topological polar surface area (TPSA) is 94.6 Å². The number of nitro benzene ring substituents is 1. The third-order valence-corrected chi connectivity index (χ3v) is 3.91. The van der Waals surface area contributed by atoms with Gasteiger partial charge in [0, 0.05) is 34.8 Å². The largest absolute Gasteiger partial charge is 0.497 e. The number of aryl methyl sites for hydroxylation is 1. The van der Waals surface area contributed by atoms with Gasteiger partial charge in [0.15, 0.2) is 0 Å². The smallest absolute Gasteiger partial charge is 0.269 e. The molecule has 0 fully saturated rings. The zero-order valence-electron chi connectivity index (χ0n) is 13.7. The number of ether oxygens (including phenoxy) is 1. The molecule has 0 aliphatic carbocycles. The summed E-state index contributed by atoms with van der Waals surface area (Å²) < 4.78 is 10.6. The van der Waals surface area contributed by atoms with E-state index >= 15 is 0 Å². The molecule has 25 heavy (non-hydrogen) atoms. The molecular weight excluding hydrogens is 324 g/mol. The molecule has 3 rings (SSSR count). The summed E-state index contributed by atoms with van der Waals surface area (Å²) in [5.74, 6) is 0.454. The van der Waals surface area contributed by atoms with Gasteiger partial charge in [0.25, 0.3) is 5.69 Å². The SMILES string of the molecule is COc1ccc2c(CC(=O)Nc3ccc([N+](=O)[O-])cc3C)coc2c1. The number of nitro groups is 1. The number of nitrogens with one attached hydrogen (secondary N) is 1. The summed E-state index contributed by atoms with van der Waals surface area (Å²) in [5, 5.41) is 14.4. The second-order valence-corrected chi connectivity index (χ2v) is 5.60. The number of hydrogen-bond acceptors (Lipinski definition) is 5. The minimum absolute atomic E-state index is 0.00900. The standard InChI is InChI=1S/C18H16N2O5/c1-11-7-13(20(22)23)3-6-16(11)19-18(21)8-12-10-25-17-9-14(24-2)4-5-15(12)17/h3-7,9-10H,8H2,1-2H3,(H,19,21). The summed E-state index contributed by atoms with van der Waals surface area (Å²) in [6.45, 7) is 1.71. The highest BCUT2D eigenvalue weighted by atomic mass is 16.6. The lowest BCUT2D eigenvalue weighted by molar-refractivity contribution is -0.384. The molecule has 0 saturated carbocycles. The van der Waals surface area contributed by atoms with E-state index in [1.165, 1.54) is 18.2 Å². The first-order chi connectivity index (χ1) is 12.0. The fourth-order valence-corrected chi connectivity index (χ4v) is 2.60. The maximum absolute atomic E-state index is 12.3. The molecule has 0 atom stereocenters. The van der Waals surface area contributed by atoms with Gasteiger partial charge in [-0.05, 0) is 30.7 Å². The van der Waals surface area contributed by atoms with Crippen molar-refractivity contribution in [2.45, 2.75) is 13.3 Å². The Kier molecular flexibility index (Phi) is 4.38. The molecular formula is C18H16N2O5. The second kappa shape index (κ2) is 6.64. The first-order valence-corrected chi connectivity index (χ1v) is 7.57. The van der Waals surface area contributed by atoms with E-state index in [0.717, 1.165) is 10.9 Å². The first-order valence-electron chi connectivity index (χ1n) is 7.57. The molecule has 1 N–H and O–H groups in total. The van der Waals surface area contributed by atoms with Crippen molar-refractivity contribution in [3.8, 4) is 5.75 Å². The third-order valence-electron chi connectivity index (χ3n) is 3.91. The first kappa shape index (κ1) is 16.5. The Balaban J connectivity index is 1.76. The summed E-state index contributed by atoms with van der Waals surface area (Å²) in [4.78, 5) is 22.6. The normalized spacial score (nSPS) is 10.6. The van der Waals surface area contributed by atoms with E-state index < -0.39 is 4.92 Å². The number of furan rings is 1. The van der Waals surface area contributed by atoms with Gasteiger partial charge in [-0.3, -0.25) is 14.9 Å². The van der Waals surface area contributed by atoms with E-state index in [2.05, 4.69) is 5.32 Å². The molecule has 0 unspecified atom stereocenters. The average Bonchev–Trinajstić information content (AvgIpc) is 2.98. The quantitative estimate of drug-likeness (QED) is 0.562. The van der Waals surface area contributed by atoms with Crippen LogP contribution in [0, 0.1) is 17.0 Å². The van der Waals surface area contributed by atoms with E-state index in [4.69, 9.17) is 9.15 Å². The van der Waals surface area contributed by atoms with Gasteiger partial charge in [-0.2, -0.15) is 0 Å². The van der Waals surface area contributed by atoms with Crippen LogP contribution in [-0.2, 0) is 11.2 Å². The predicted molar refractivity (Wildman–Crippen MR) is 92.9 cm³/mol. The van der Waals surface area contributed by atoms with Gasteiger partial charge < -0.3 is 14.5 Å². The molecule has 1 aromatic heterocycles. The van der Waals surface area contributed by atoms with Crippen LogP contribution in [0.3, 0.4) is 0 Å². The number of fused-ring (bicyclic) bond motifs is 1. The molecule has 0 aliphatic heterocycles. The Labute approximate surface area is 143 Å². The maximum Gasteiger partial charge on any atom is 0.269 e. The Bertz CT molecular complexity index is 961. The summed E-state index contributed by atoms with van der Waals surface area (Å²) in [6, 6.07) is 9.73. The van der Waals surface area contributed by atoms with Crippen molar-refractivity contribution in [1.29, 1.82) is 0 Å². The van der Waals surface area contributed by atoms with Crippen LogP contribution in [0.4, 0.5) is 11.4 Å². The molecule has 2 aromatic carbocycles. The molecule has 0 saturated heterocycles. The minimum atomic E-state index is -0.468. The van der Waals surface area contributed by atoms with Crippen molar-refractivity contribution in [3.05, 3.63) is 63.9 Å². The molecule has 0 aliphatic rings. The third kappa shape index (κ3) is 3.45. The lowest BCUT2D eigenvalue weighted by Crippen LogP contribution is -2.15. The van der Waals surface area contributed by atoms with Crippen LogP contribution >= 0.6 is 0 Å². The second-order valence-electron chi connectivity index (χ2n) is 5.60. The molecule has 3 aromatic rings. The van der Waals surface area contributed by atoms with Gasteiger partial charge in [0.05, 0.1) is 24.7 Å². The number of nitrogens with zero attached hydrogens (tertiary/aromatic N) is 1. The number of carbonyl (C=O) groups is 1. The number of anilines is 1. The van der Waals surface area contributed by atoms with Crippen molar-refractivity contribution in [2.24, 2.45) is 0 Å². The Morgan fingerprint density at radius 1 is 1.28 bits per heavy atom. The Hall–Kier alpha value is -3.35. The number of non-ortho nitro benzene ring substituents is 1. The molecule has 0 radical (unpaired) electrons. The Morgan fingerprint density at radius 2 is 2.08 bits per heavy atom. The van der Waals surface area contributed by atoms with Crippen LogP contribution < -0.4 is 10.1 Å². The average molecular weight is 340 g/mol. The highest BCUT2D eigenvalue weighted by molar-refractivity contribution is 5.96. The van der Waals surface area contributed by atoms with E-state index in [1.54, 1.807) is 32.4 Å². The van der Waals surface area contributed by atoms with Crippen molar-refractivity contribution < 1.29 is 18.9 Å². The van der Waals surface area contributed by atoms with E-state index in [9.17, 15) is 14.9 Å². The van der Waals surface area contributed by atoms with Crippen LogP contribution in [0.15, 0.2) is 47.1 Å². The highest BCUT2D eigenvalue weighted by Crippen LogP contribution is 2.26. The molecule has 7 nitrogen and oxygen atoms in total.